The zero-order chi connectivity index (χ0) is 18.0. The number of carbonyl (C=O) groups is 1. The Morgan fingerprint density at radius 2 is 2.19 bits per heavy atom. The highest BCUT2D eigenvalue weighted by Crippen LogP contribution is 2.43. The van der Waals surface area contributed by atoms with E-state index in [1.165, 1.54) is 6.33 Å². The third-order valence-electron chi connectivity index (χ3n) is 5.31. The molecule has 2 aromatic rings. The van der Waals surface area contributed by atoms with Crippen LogP contribution in [0.15, 0.2) is 36.9 Å². The Hall–Kier alpha value is -2.41. The van der Waals surface area contributed by atoms with Crippen LogP contribution in [0.25, 0.3) is 0 Å². The number of nitrogens with one attached hydrogen (secondary N) is 1. The monoisotopic (exact) mass is 356 g/mol. The van der Waals surface area contributed by atoms with Crippen LogP contribution >= 0.6 is 0 Å². The van der Waals surface area contributed by atoms with Crippen LogP contribution in [-0.2, 0) is 9.53 Å². The summed E-state index contributed by atoms with van der Waals surface area (Å²) in [5, 5.41) is 7.33. The maximum Gasteiger partial charge on any atom is 0.222 e. The quantitative estimate of drug-likeness (QED) is 0.910. The predicted octanol–water partition coefficient (Wildman–Crippen LogP) is 2.42. The van der Waals surface area contributed by atoms with Gasteiger partial charge in [-0.25, -0.2) is 9.67 Å². The van der Waals surface area contributed by atoms with Crippen LogP contribution < -0.4 is 10.1 Å². The maximum atomic E-state index is 12.7. The molecule has 138 valence electrons. The zero-order valence-corrected chi connectivity index (χ0v) is 14.9. The second kappa shape index (κ2) is 7.07. The van der Waals surface area contributed by atoms with Gasteiger partial charge in [-0.1, -0.05) is 18.2 Å². The van der Waals surface area contributed by atoms with E-state index in [1.807, 2.05) is 31.2 Å². The molecule has 26 heavy (non-hydrogen) atoms. The van der Waals surface area contributed by atoms with Gasteiger partial charge in [0.05, 0.1) is 25.3 Å². The minimum Gasteiger partial charge on any atom is -0.487 e. The summed E-state index contributed by atoms with van der Waals surface area (Å²) in [4.78, 5) is 16.6. The first-order chi connectivity index (χ1) is 12.7. The molecule has 1 spiro atoms. The molecule has 2 aliphatic rings. The van der Waals surface area contributed by atoms with Crippen molar-refractivity contribution in [3.8, 4) is 5.75 Å². The molecule has 1 aromatic carbocycles. The molecule has 2 atom stereocenters. The number of para-hydroxylation sites is 1. The predicted molar refractivity (Wildman–Crippen MR) is 94.7 cm³/mol. The Kier molecular flexibility index (Phi) is 4.63. The second-order valence-electron chi connectivity index (χ2n) is 7.19. The Bertz CT molecular complexity index is 756. The summed E-state index contributed by atoms with van der Waals surface area (Å²) in [5.74, 6) is 0.882. The second-order valence-corrected chi connectivity index (χ2v) is 7.19. The first kappa shape index (κ1) is 17.0. The number of benzene rings is 1. The number of nitrogens with zero attached hydrogens (tertiary/aromatic N) is 3. The first-order valence-corrected chi connectivity index (χ1v) is 9.14. The average molecular weight is 356 g/mol. The molecule has 7 nitrogen and oxygen atoms in total. The highest BCUT2D eigenvalue weighted by Gasteiger charge is 2.42. The molecule has 0 aliphatic carbocycles. The van der Waals surface area contributed by atoms with Crippen molar-refractivity contribution in [2.45, 2.75) is 50.3 Å². The largest absolute Gasteiger partial charge is 0.487 e. The van der Waals surface area contributed by atoms with Crippen LogP contribution in [0.4, 0.5) is 0 Å². The lowest BCUT2D eigenvalue weighted by Gasteiger charge is -2.44. The summed E-state index contributed by atoms with van der Waals surface area (Å²) in [5.41, 5.74) is 0.800. The van der Waals surface area contributed by atoms with Crippen molar-refractivity contribution in [3.63, 3.8) is 0 Å². The molecular weight excluding hydrogens is 332 g/mol. The topological polar surface area (TPSA) is 78.3 Å². The van der Waals surface area contributed by atoms with E-state index in [0.717, 1.165) is 30.6 Å². The van der Waals surface area contributed by atoms with Gasteiger partial charge in [-0.3, -0.25) is 4.79 Å². The number of amides is 1. The number of hydrogen-bond donors (Lipinski definition) is 1. The fourth-order valence-electron chi connectivity index (χ4n) is 3.86. The number of carbonyl (C=O) groups excluding carboxylic acids is 1. The molecule has 1 amide bonds. The lowest BCUT2D eigenvalue weighted by atomic mass is 9.82. The van der Waals surface area contributed by atoms with Gasteiger partial charge in [-0.05, 0) is 13.0 Å². The van der Waals surface area contributed by atoms with E-state index in [9.17, 15) is 4.79 Å². The van der Waals surface area contributed by atoms with Crippen molar-refractivity contribution in [1.82, 2.24) is 20.1 Å². The van der Waals surface area contributed by atoms with E-state index >= 15 is 0 Å². The average Bonchev–Trinajstić information content (AvgIpc) is 3.17. The highest BCUT2D eigenvalue weighted by atomic mass is 16.5. The lowest BCUT2D eigenvalue weighted by Crippen LogP contribution is -2.48. The summed E-state index contributed by atoms with van der Waals surface area (Å²) in [7, 11) is 0. The summed E-state index contributed by atoms with van der Waals surface area (Å²) in [6.07, 6.45) is 5.96. The number of hydrogen-bond acceptors (Lipinski definition) is 5. The van der Waals surface area contributed by atoms with Gasteiger partial charge in [0.2, 0.25) is 5.91 Å². The molecule has 1 N–H and O–H groups in total. The normalized spacial score (nSPS) is 22.3. The molecule has 0 bridgehead atoms. The minimum atomic E-state index is -0.248. The number of ether oxygens (including phenoxy) is 2. The van der Waals surface area contributed by atoms with Gasteiger partial charge in [0.25, 0.3) is 0 Å². The zero-order valence-electron chi connectivity index (χ0n) is 14.9. The Morgan fingerprint density at radius 1 is 1.38 bits per heavy atom. The smallest absolute Gasteiger partial charge is 0.222 e. The molecule has 2 aliphatic heterocycles. The van der Waals surface area contributed by atoms with Crippen LogP contribution in [0.2, 0.25) is 0 Å². The SMILES string of the molecule is C[C@H](CC(=O)N[C@@H]1CC2(CCOCC2)Oc2ccccc21)n1cncn1. The van der Waals surface area contributed by atoms with Crippen LogP contribution in [-0.4, -0.2) is 39.5 Å². The van der Waals surface area contributed by atoms with Crippen molar-refractivity contribution in [2.75, 3.05) is 13.2 Å². The standard InChI is InChI=1S/C19H24N4O3/c1-14(23-13-20-12-21-23)10-18(24)22-16-11-19(6-8-25-9-7-19)26-17-5-3-2-4-15(16)17/h2-5,12-14,16H,6-11H2,1H3,(H,22,24)/t14-,16-/m1/s1. The lowest BCUT2D eigenvalue weighted by molar-refractivity contribution is -0.123. The van der Waals surface area contributed by atoms with Crippen molar-refractivity contribution < 1.29 is 14.3 Å². The fourth-order valence-corrected chi connectivity index (χ4v) is 3.86. The molecule has 3 heterocycles. The Morgan fingerprint density at radius 3 is 2.96 bits per heavy atom. The molecule has 1 aromatic heterocycles. The number of rotatable bonds is 4. The van der Waals surface area contributed by atoms with Gasteiger partial charge < -0.3 is 14.8 Å². The van der Waals surface area contributed by atoms with Crippen LogP contribution in [0.3, 0.4) is 0 Å². The van der Waals surface area contributed by atoms with Crippen LogP contribution in [0, 0.1) is 0 Å². The van der Waals surface area contributed by atoms with E-state index in [-0.39, 0.29) is 23.6 Å². The summed E-state index contributed by atoms with van der Waals surface area (Å²) in [6, 6.07) is 7.90. The van der Waals surface area contributed by atoms with Gasteiger partial charge >= 0.3 is 0 Å². The molecule has 0 radical (unpaired) electrons. The van der Waals surface area contributed by atoms with Gasteiger partial charge in [0.15, 0.2) is 0 Å². The third kappa shape index (κ3) is 3.44. The van der Waals surface area contributed by atoms with Gasteiger partial charge in [0.1, 0.15) is 24.0 Å². The summed E-state index contributed by atoms with van der Waals surface area (Å²) >= 11 is 0. The van der Waals surface area contributed by atoms with Crippen molar-refractivity contribution in [2.24, 2.45) is 0 Å². The fraction of sp³-hybridized carbons (Fsp3) is 0.526. The molecule has 4 rings (SSSR count). The number of fused-ring (bicyclic) bond motifs is 1. The Balaban J connectivity index is 1.50. The third-order valence-corrected chi connectivity index (χ3v) is 5.31. The first-order valence-electron chi connectivity index (χ1n) is 9.14. The molecule has 1 fully saturated rings. The number of aromatic nitrogens is 3. The van der Waals surface area contributed by atoms with E-state index < -0.39 is 0 Å². The Labute approximate surface area is 152 Å². The molecule has 7 heteroatoms. The van der Waals surface area contributed by atoms with Gasteiger partial charge in [-0.2, -0.15) is 5.10 Å². The van der Waals surface area contributed by atoms with Crippen molar-refractivity contribution in [3.05, 3.63) is 42.5 Å². The van der Waals surface area contributed by atoms with E-state index in [0.29, 0.717) is 19.6 Å². The van der Waals surface area contributed by atoms with E-state index in [2.05, 4.69) is 15.4 Å². The van der Waals surface area contributed by atoms with Crippen LogP contribution in [0.1, 0.15) is 50.3 Å². The van der Waals surface area contributed by atoms with Crippen LogP contribution in [0.5, 0.6) is 5.75 Å². The minimum absolute atomic E-state index is 0.0110. The van der Waals surface area contributed by atoms with Gasteiger partial charge in [0, 0.05) is 31.2 Å². The summed E-state index contributed by atoms with van der Waals surface area (Å²) in [6.45, 7) is 3.37. The van der Waals surface area contributed by atoms with Crippen molar-refractivity contribution in [1.29, 1.82) is 0 Å². The van der Waals surface area contributed by atoms with E-state index in [4.69, 9.17) is 9.47 Å². The summed E-state index contributed by atoms with van der Waals surface area (Å²) < 4.78 is 13.6. The molecular formula is C19H24N4O3. The molecule has 0 saturated carbocycles. The van der Waals surface area contributed by atoms with Gasteiger partial charge in [-0.15, -0.1) is 0 Å². The highest BCUT2D eigenvalue weighted by molar-refractivity contribution is 5.77. The van der Waals surface area contributed by atoms with Crippen molar-refractivity contribution >= 4 is 5.91 Å². The molecule has 1 saturated heterocycles. The molecule has 0 unspecified atom stereocenters. The maximum absolute atomic E-state index is 12.7. The van der Waals surface area contributed by atoms with E-state index in [1.54, 1.807) is 11.0 Å².